The van der Waals surface area contributed by atoms with Crippen LogP contribution in [0.1, 0.15) is 5.56 Å². The van der Waals surface area contributed by atoms with Gasteiger partial charge in [-0.15, -0.1) is 0 Å². The van der Waals surface area contributed by atoms with Crippen molar-refractivity contribution in [2.24, 2.45) is 7.05 Å². The predicted molar refractivity (Wildman–Crippen MR) is 96.6 cm³/mol. The fourth-order valence-electron chi connectivity index (χ4n) is 3.00. The molecule has 1 aliphatic heterocycles. The average Bonchev–Trinajstić information content (AvgIpc) is 2.62. The highest BCUT2D eigenvalue weighted by Gasteiger charge is 2.09. The molecule has 0 radical (unpaired) electrons. The summed E-state index contributed by atoms with van der Waals surface area (Å²) in [4.78, 5) is 11.7. The van der Waals surface area contributed by atoms with Gasteiger partial charge in [0.1, 0.15) is 12.4 Å². The fraction of sp³-hybridized carbons (Fsp3) is 0.0952. The number of aryl methyl sites for hydroxylation is 1. The molecule has 2 aromatic carbocycles. The van der Waals surface area contributed by atoms with E-state index in [-0.39, 0.29) is 5.43 Å². The van der Waals surface area contributed by atoms with Gasteiger partial charge in [0.2, 0.25) is 0 Å². The summed E-state index contributed by atoms with van der Waals surface area (Å²) in [5, 5.41) is 1.12. The molecular weight excluding hydrogens is 298 g/mol. The third-order valence-electron chi connectivity index (χ3n) is 4.29. The van der Waals surface area contributed by atoms with Crippen LogP contribution in [0, 0.1) is 0 Å². The summed E-state index contributed by atoms with van der Waals surface area (Å²) in [7, 11) is 1.98. The molecule has 0 bridgehead atoms. The fourth-order valence-corrected chi connectivity index (χ4v) is 3.00. The van der Waals surface area contributed by atoms with Crippen molar-refractivity contribution in [2.45, 2.75) is 6.61 Å². The first-order valence-corrected chi connectivity index (χ1v) is 7.91. The summed E-state index contributed by atoms with van der Waals surface area (Å²) < 4.78 is 7.96. The molecule has 3 heteroatoms. The van der Waals surface area contributed by atoms with E-state index in [1.54, 1.807) is 12.1 Å². The van der Waals surface area contributed by atoms with Crippen molar-refractivity contribution >= 4 is 10.9 Å². The first-order valence-electron chi connectivity index (χ1n) is 7.91. The van der Waals surface area contributed by atoms with Crippen molar-refractivity contribution in [3.8, 4) is 17.0 Å². The zero-order valence-electron chi connectivity index (χ0n) is 13.4. The van der Waals surface area contributed by atoms with E-state index >= 15 is 0 Å². The van der Waals surface area contributed by atoms with Gasteiger partial charge in [-0.05, 0) is 46.8 Å². The molecule has 2 aliphatic rings. The Hall–Kier alpha value is -3.07. The van der Waals surface area contributed by atoms with Gasteiger partial charge in [-0.1, -0.05) is 30.3 Å². The molecule has 0 amide bonds. The number of aromatic nitrogens is 1. The highest BCUT2D eigenvalue weighted by Crippen LogP contribution is 2.29. The number of fused-ring (bicyclic) bond motifs is 2. The second-order valence-corrected chi connectivity index (χ2v) is 5.92. The maximum atomic E-state index is 11.7. The van der Waals surface area contributed by atoms with E-state index in [0.717, 1.165) is 33.5 Å². The summed E-state index contributed by atoms with van der Waals surface area (Å²) in [5.41, 5.74) is 4.18. The zero-order chi connectivity index (χ0) is 16.5. The largest absolute Gasteiger partial charge is 0.489 e. The molecule has 1 heterocycles. The van der Waals surface area contributed by atoms with Crippen LogP contribution in [0.15, 0.2) is 77.6 Å². The normalized spacial score (nSPS) is 11.0. The second kappa shape index (κ2) is 5.85. The quantitative estimate of drug-likeness (QED) is 0.530. The number of ether oxygens (including phenoxy) is 1. The summed E-state index contributed by atoms with van der Waals surface area (Å²) in [6.45, 7) is 0.536. The molecule has 0 saturated heterocycles. The molecule has 0 spiro atoms. The van der Waals surface area contributed by atoms with E-state index in [1.165, 1.54) is 0 Å². The van der Waals surface area contributed by atoms with Gasteiger partial charge in [-0.2, -0.15) is 0 Å². The van der Waals surface area contributed by atoms with Gasteiger partial charge >= 0.3 is 0 Å². The lowest BCUT2D eigenvalue weighted by atomic mass is 10.1. The van der Waals surface area contributed by atoms with Gasteiger partial charge in [-0.3, -0.25) is 4.79 Å². The third kappa shape index (κ3) is 2.65. The van der Waals surface area contributed by atoms with E-state index in [0.29, 0.717) is 6.61 Å². The Kier molecular flexibility index (Phi) is 3.54. The maximum Gasteiger partial charge on any atom is 0.180 e. The number of pyridine rings is 1. The molecular formula is C21H17NO2. The average molecular weight is 315 g/mol. The zero-order valence-corrected chi connectivity index (χ0v) is 13.4. The van der Waals surface area contributed by atoms with Crippen LogP contribution < -0.4 is 10.2 Å². The molecule has 0 atom stereocenters. The predicted octanol–water partition coefficient (Wildman–Crippen LogP) is 4.22. The molecule has 0 fully saturated rings. The summed E-state index contributed by atoms with van der Waals surface area (Å²) >= 11 is 0. The van der Waals surface area contributed by atoms with E-state index in [4.69, 9.17) is 4.74 Å². The Bertz CT molecular complexity index is 1030. The molecule has 1 aliphatic carbocycles. The standard InChI is InChI=1S/C21H17NO2/c1-22-20-12-18(23)9-7-16(20)11-17-8-10-19(13-21(17)22)24-14-15-5-3-2-4-6-15/h2-13H,14H2,1H3. The monoisotopic (exact) mass is 315 g/mol. The van der Waals surface area contributed by atoms with Crippen LogP contribution in [-0.2, 0) is 13.7 Å². The number of nitrogens with zero attached hydrogens (tertiary/aromatic N) is 1. The molecule has 0 aromatic heterocycles. The van der Waals surface area contributed by atoms with Gasteiger partial charge in [0.15, 0.2) is 5.43 Å². The lowest BCUT2D eigenvalue weighted by molar-refractivity contribution is 0.306. The van der Waals surface area contributed by atoms with Crippen LogP contribution in [0.4, 0.5) is 0 Å². The van der Waals surface area contributed by atoms with Crippen LogP contribution in [0.25, 0.3) is 22.2 Å². The summed E-state index contributed by atoms with van der Waals surface area (Å²) in [6.07, 6.45) is 0. The Labute approximate surface area is 140 Å². The number of hydrogen-bond donors (Lipinski definition) is 0. The van der Waals surface area contributed by atoms with Crippen molar-refractivity contribution in [3.63, 3.8) is 0 Å². The van der Waals surface area contributed by atoms with E-state index in [2.05, 4.69) is 12.1 Å². The minimum Gasteiger partial charge on any atom is -0.489 e. The highest BCUT2D eigenvalue weighted by molar-refractivity contribution is 5.87. The molecule has 4 rings (SSSR count). The highest BCUT2D eigenvalue weighted by atomic mass is 16.5. The molecule has 0 N–H and O–H groups in total. The lowest BCUT2D eigenvalue weighted by Gasteiger charge is -2.16. The summed E-state index contributed by atoms with van der Waals surface area (Å²) in [5.74, 6) is 0.819. The van der Waals surface area contributed by atoms with Crippen molar-refractivity contribution in [2.75, 3.05) is 0 Å². The van der Waals surface area contributed by atoms with Crippen LogP contribution in [0.5, 0.6) is 5.75 Å². The van der Waals surface area contributed by atoms with E-state index in [9.17, 15) is 4.79 Å². The Balaban J connectivity index is 1.74. The van der Waals surface area contributed by atoms with Crippen molar-refractivity contribution in [1.29, 1.82) is 0 Å². The minimum atomic E-state index is 0.0222. The van der Waals surface area contributed by atoms with E-state index in [1.807, 2.05) is 60.1 Å². The SMILES string of the molecule is Cn1c2cc(=O)ccc-2cc2ccc(OCc3ccccc3)cc21. The van der Waals surface area contributed by atoms with Crippen LogP contribution in [0.3, 0.4) is 0 Å². The van der Waals surface area contributed by atoms with Gasteiger partial charge < -0.3 is 9.30 Å². The topological polar surface area (TPSA) is 31.2 Å². The van der Waals surface area contributed by atoms with Crippen LogP contribution in [-0.4, -0.2) is 4.57 Å². The van der Waals surface area contributed by atoms with Crippen molar-refractivity contribution < 1.29 is 4.74 Å². The Morgan fingerprint density at radius 2 is 1.75 bits per heavy atom. The van der Waals surface area contributed by atoms with Crippen molar-refractivity contribution in [3.05, 3.63) is 88.6 Å². The smallest absolute Gasteiger partial charge is 0.180 e. The minimum absolute atomic E-state index is 0.0222. The lowest BCUT2D eigenvalue weighted by Crippen LogP contribution is -2.06. The van der Waals surface area contributed by atoms with Crippen LogP contribution >= 0.6 is 0 Å². The van der Waals surface area contributed by atoms with Gasteiger partial charge in [0.25, 0.3) is 0 Å². The van der Waals surface area contributed by atoms with Gasteiger partial charge in [-0.25, -0.2) is 0 Å². The van der Waals surface area contributed by atoms with Crippen LogP contribution in [0.2, 0.25) is 0 Å². The van der Waals surface area contributed by atoms with Gasteiger partial charge in [0.05, 0.1) is 11.2 Å². The van der Waals surface area contributed by atoms with Gasteiger partial charge in [0, 0.05) is 19.2 Å². The molecule has 2 aromatic rings. The first-order chi connectivity index (χ1) is 11.7. The molecule has 0 saturated carbocycles. The van der Waals surface area contributed by atoms with Crippen molar-refractivity contribution in [1.82, 2.24) is 4.57 Å². The Morgan fingerprint density at radius 1 is 0.917 bits per heavy atom. The number of rotatable bonds is 3. The Morgan fingerprint density at radius 3 is 2.58 bits per heavy atom. The molecule has 0 unspecified atom stereocenters. The summed E-state index contributed by atoms with van der Waals surface area (Å²) in [6, 6.07) is 23.4. The molecule has 3 nitrogen and oxygen atoms in total. The number of benzene rings is 3. The molecule has 24 heavy (non-hydrogen) atoms. The molecule has 118 valence electrons. The third-order valence-corrected chi connectivity index (χ3v) is 4.29. The maximum absolute atomic E-state index is 11.7. The number of hydrogen-bond acceptors (Lipinski definition) is 2. The van der Waals surface area contributed by atoms with E-state index < -0.39 is 0 Å². The second-order valence-electron chi connectivity index (χ2n) is 5.92. The first kappa shape index (κ1) is 14.5.